The highest BCUT2D eigenvalue weighted by Crippen LogP contribution is 2.61. The first-order valence-electron chi connectivity index (χ1n) is 13.0. The third kappa shape index (κ3) is 3.92. The number of imide groups is 1. The third-order valence-corrected chi connectivity index (χ3v) is 9.53. The number of amides is 3. The van der Waals surface area contributed by atoms with Gasteiger partial charge in [0.2, 0.25) is 11.8 Å². The van der Waals surface area contributed by atoms with E-state index in [1.165, 1.54) is 6.92 Å². The lowest BCUT2D eigenvalue weighted by molar-refractivity contribution is -0.159. The van der Waals surface area contributed by atoms with E-state index in [9.17, 15) is 19.2 Å². The average Bonchev–Trinajstić information content (AvgIpc) is 3.20. The van der Waals surface area contributed by atoms with Gasteiger partial charge in [-0.2, -0.15) is 0 Å². The van der Waals surface area contributed by atoms with E-state index in [2.05, 4.69) is 21.2 Å². The van der Waals surface area contributed by atoms with Gasteiger partial charge in [-0.1, -0.05) is 64.5 Å². The van der Waals surface area contributed by atoms with E-state index in [4.69, 9.17) is 4.74 Å². The molecule has 3 aliphatic carbocycles. The van der Waals surface area contributed by atoms with Crippen LogP contribution in [0.5, 0.6) is 0 Å². The van der Waals surface area contributed by atoms with Gasteiger partial charge in [0, 0.05) is 22.0 Å². The molecule has 4 aliphatic rings. The lowest BCUT2D eigenvalue weighted by Crippen LogP contribution is -2.45. The van der Waals surface area contributed by atoms with Crippen molar-refractivity contribution in [1.29, 1.82) is 0 Å². The molecule has 3 atom stereocenters. The molecule has 0 aromatic heterocycles. The molecule has 1 fully saturated rings. The van der Waals surface area contributed by atoms with Crippen molar-refractivity contribution in [3.05, 3.63) is 98.5 Å². The molecule has 7 rings (SSSR count). The number of ether oxygens (including phenoxy) is 1. The number of nitrogens with one attached hydrogen (secondary N) is 1. The molecule has 0 saturated carbocycles. The highest BCUT2D eigenvalue weighted by molar-refractivity contribution is 9.10. The molecule has 1 saturated heterocycles. The Labute approximate surface area is 234 Å². The molecule has 3 amide bonds. The molecule has 1 N–H and O–H groups in total. The van der Waals surface area contributed by atoms with Crippen LogP contribution in [0.1, 0.15) is 52.1 Å². The largest absolute Gasteiger partial charge is 0.454 e. The molecule has 7 nitrogen and oxygen atoms in total. The zero-order valence-corrected chi connectivity index (χ0v) is 23.3. The Morgan fingerprint density at radius 3 is 1.74 bits per heavy atom. The van der Waals surface area contributed by atoms with Crippen LogP contribution in [0.2, 0.25) is 0 Å². The zero-order chi connectivity index (χ0) is 27.6. The van der Waals surface area contributed by atoms with Gasteiger partial charge in [-0.25, -0.2) is 4.79 Å². The van der Waals surface area contributed by atoms with E-state index in [0.717, 1.165) is 42.8 Å². The minimum absolute atomic E-state index is 0.249. The number of benzene rings is 3. The highest BCUT2D eigenvalue weighted by atomic mass is 79.9. The molecule has 0 radical (unpaired) electrons. The second kappa shape index (κ2) is 9.45. The first-order valence-corrected chi connectivity index (χ1v) is 13.8. The Hall–Kier alpha value is -3.78. The van der Waals surface area contributed by atoms with Crippen LogP contribution in [0.3, 0.4) is 0 Å². The van der Waals surface area contributed by atoms with Crippen LogP contribution in [0, 0.1) is 25.7 Å². The van der Waals surface area contributed by atoms with Crippen molar-refractivity contribution in [1.82, 2.24) is 4.90 Å². The molecule has 1 aliphatic heterocycles. The molecule has 8 heteroatoms. The minimum Gasteiger partial charge on any atom is -0.454 e. The van der Waals surface area contributed by atoms with E-state index in [1.807, 2.05) is 74.5 Å². The van der Waals surface area contributed by atoms with Crippen molar-refractivity contribution in [2.75, 3.05) is 11.9 Å². The summed E-state index contributed by atoms with van der Waals surface area (Å²) in [5, 5.41) is 2.73. The number of aryl methyl sites for hydroxylation is 2. The Kier molecular flexibility index (Phi) is 6.18. The van der Waals surface area contributed by atoms with Crippen molar-refractivity contribution in [2.24, 2.45) is 11.8 Å². The predicted molar refractivity (Wildman–Crippen MR) is 148 cm³/mol. The molecule has 3 aromatic rings. The summed E-state index contributed by atoms with van der Waals surface area (Å²) in [6.07, 6.45) is 0. The summed E-state index contributed by atoms with van der Waals surface area (Å²) in [5.74, 6) is -3.67. The fourth-order valence-electron chi connectivity index (χ4n) is 6.66. The minimum atomic E-state index is -1.15. The van der Waals surface area contributed by atoms with Crippen LogP contribution >= 0.6 is 15.9 Å². The first-order chi connectivity index (χ1) is 18.7. The van der Waals surface area contributed by atoms with Gasteiger partial charge in [-0.15, -0.1) is 0 Å². The Morgan fingerprint density at radius 2 is 1.31 bits per heavy atom. The summed E-state index contributed by atoms with van der Waals surface area (Å²) in [7, 11) is 0. The summed E-state index contributed by atoms with van der Waals surface area (Å²) < 4.78 is 6.23. The number of halogens is 1. The first kappa shape index (κ1) is 25.5. The van der Waals surface area contributed by atoms with Crippen molar-refractivity contribution >= 4 is 45.3 Å². The predicted octanol–water partition coefficient (Wildman–Crippen LogP) is 4.83. The highest BCUT2D eigenvalue weighted by Gasteiger charge is 2.62. The maximum absolute atomic E-state index is 13.8. The molecule has 39 heavy (non-hydrogen) atoms. The maximum atomic E-state index is 13.8. The van der Waals surface area contributed by atoms with Crippen LogP contribution in [-0.4, -0.2) is 41.2 Å². The summed E-state index contributed by atoms with van der Waals surface area (Å²) in [5.41, 5.74) is 6.77. The van der Waals surface area contributed by atoms with Gasteiger partial charge in [-0.3, -0.25) is 19.3 Å². The summed E-state index contributed by atoms with van der Waals surface area (Å²) in [4.78, 5) is 54.1. The fourth-order valence-corrected chi connectivity index (χ4v) is 6.89. The van der Waals surface area contributed by atoms with Gasteiger partial charge in [0.15, 0.2) is 6.61 Å². The van der Waals surface area contributed by atoms with E-state index in [1.54, 1.807) is 0 Å². The second-order valence-electron chi connectivity index (χ2n) is 10.6. The van der Waals surface area contributed by atoms with Crippen molar-refractivity contribution in [2.45, 2.75) is 38.6 Å². The smallest absolute Gasteiger partial charge is 0.329 e. The number of carbonyl (C=O) groups is 4. The number of carbonyl (C=O) groups excluding carboxylic acids is 4. The quantitative estimate of drug-likeness (QED) is 0.341. The van der Waals surface area contributed by atoms with E-state index < -0.39 is 36.4 Å². The van der Waals surface area contributed by atoms with Gasteiger partial charge < -0.3 is 10.1 Å². The molecule has 0 spiro atoms. The topological polar surface area (TPSA) is 92.8 Å². The third-order valence-electron chi connectivity index (χ3n) is 8.28. The normalized spacial score (nSPS) is 23.1. The van der Waals surface area contributed by atoms with Gasteiger partial charge >= 0.3 is 5.97 Å². The van der Waals surface area contributed by atoms with Gasteiger partial charge in [0.1, 0.15) is 6.04 Å². The standard InChI is InChI=1S/C31H27BrN2O5/c1-15-12-18(13-16(2)28(15)32)33-23(35)14-39-31(38)17(3)34-29(36)26-24-19-8-4-5-9-20(19)25(27(26)30(34)37)22-11-7-6-10-21(22)24/h4-13,17,24-27H,14H2,1-3H3,(H,33,35)/t17-,24?,25?,26-,27+/m0/s1. The van der Waals surface area contributed by atoms with Gasteiger partial charge in [-0.05, 0) is 66.3 Å². The lowest BCUT2D eigenvalue weighted by Gasteiger charge is -2.45. The number of hydrogen-bond acceptors (Lipinski definition) is 5. The maximum Gasteiger partial charge on any atom is 0.329 e. The second-order valence-corrected chi connectivity index (χ2v) is 11.4. The zero-order valence-electron chi connectivity index (χ0n) is 21.7. The number of rotatable bonds is 5. The van der Waals surface area contributed by atoms with Gasteiger partial charge in [0.05, 0.1) is 11.8 Å². The molecule has 2 bridgehead atoms. The van der Waals surface area contributed by atoms with Crippen LogP contribution in [-0.2, 0) is 23.9 Å². The number of likely N-dealkylation sites (tertiary alicyclic amines) is 1. The van der Waals surface area contributed by atoms with Gasteiger partial charge in [0.25, 0.3) is 5.91 Å². The Morgan fingerprint density at radius 1 is 0.872 bits per heavy atom. The molecule has 0 unspecified atom stereocenters. The summed E-state index contributed by atoms with van der Waals surface area (Å²) >= 11 is 3.50. The molecular weight excluding hydrogens is 560 g/mol. The average molecular weight is 587 g/mol. The summed E-state index contributed by atoms with van der Waals surface area (Å²) in [6.45, 7) is 4.79. The number of nitrogens with zero attached hydrogens (tertiary/aromatic N) is 1. The Bertz CT molecular complexity index is 1430. The SMILES string of the molecule is Cc1cc(NC(=O)COC(=O)[C@H](C)N2C(=O)[C@@H]3C4c5ccccc5C(c5ccccc54)[C@@H]3C2=O)cc(C)c1Br. The van der Waals surface area contributed by atoms with E-state index >= 15 is 0 Å². The monoisotopic (exact) mass is 586 g/mol. The molecule has 1 heterocycles. The van der Waals surface area contributed by atoms with Crippen LogP contribution in [0.4, 0.5) is 5.69 Å². The fraction of sp³-hybridized carbons (Fsp3) is 0.290. The van der Waals surface area contributed by atoms with Crippen molar-refractivity contribution in [3.63, 3.8) is 0 Å². The Balaban J connectivity index is 1.20. The van der Waals surface area contributed by atoms with E-state index in [-0.39, 0.29) is 23.7 Å². The molecule has 3 aromatic carbocycles. The van der Waals surface area contributed by atoms with Crippen LogP contribution < -0.4 is 5.32 Å². The number of hydrogen-bond donors (Lipinski definition) is 1. The van der Waals surface area contributed by atoms with Crippen molar-refractivity contribution in [3.8, 4) is 0 Å². The number of anilines is 1. The summed E-state index contributed by atoms with van der Waals surface area (Å²) in [6, 6.07) is 18.4. The van der Waals surface area contributed by atoms with Crippen LogP contribution in [0.15, 0.2) is 65.1 Å². The van der Waals surface area contributed by atoms with Crippen LogP contribution in [0.25, 0.3) is 0 Å². The van der Waals surface area contributed by atoms with E-state index in [0.29, 0.717) is 5.69 Å². The molecular formula is C31H27BrN2O5. The molecule has 198 valence electrons. The lowest BCUT2D eigenvalue weighted by atomic mass is 9.55. The number of esters is 1. The van der Waals surface area contributed by atoms with Crippen molar-refractivity contribution < 1.29 is 23.9 Å².